The van der Waals surface area contributed by atoms with Crippen molar-refractivity contribution in [1.29, 1.82) is 0 Å². The summed E-state index contributed by atoms with van der Waals surface area (Å²) < 4.78 is 7.78. The number of rotatable bonds is 4. The second-order valence-corrected chi connectivity index (χ2v) is 6.86. The predicted octanol–water partition coefficient (Wildman–Crippen LogP) is 1.96. The summed E-state index contributed by atoms with van der Waals surface area (Å²) in [5.74, 6) is -0.591. The molecule has 0 amide bonds. The summed E-state index contributed by atoms with van der Waals surface area (Å²) in [6.45, 7) is 5.36. The summed E-state index contributed by atoms with van der Waals surface area (Å²) in [6, 6.07) is 7.39. The van der Waals surface area contributed by atoms with Gasteiger partial charge in [-0.05, 0) is 38.5 Å². The SMILES string of the molecule is COC(=O)c1cn(C(C)(C)CO)cc2c(=O)n(-c3cccc(C)c3)nc1-2. The van der Waals surface area contributed by atoms with Gasteiger partial charge in [-0.1, -0.05) is 12.1 Å². The number of benzene rings is 1. The van der Waals surface area contributed by atoms with E-state index in [1.165, 1.54) is 11.8 Å². The van der Waals surface area contributed by atoms with Gasteiger partial charge in [0.05, 0.1) is 30.5 Å². The first-order chi connectivity index (χ1) is 12.3. The highest BCUT2D eigenvalue weighted by Gasteiger charge is 2.28. The van der Waals surface area contributed by atoms with Gasteiger partial charge in [0.25, 0.3) is 5.56 Å². The number of fused-ring (bicyclic) bond motifs is 1. The fourth-order valence-electron chi connectivity index (χ4n) is 2.73. The highest BCUT2D eigenvalue weighted by atomic mass is 16.5. The zero-order chi connectivity index (χ0) is 19.1. The topological polar surface area (TPSA) is 86.4 Å². The Hall–Kier alpha value is -2.93. The molecule has 3 rings (SSSR count). The summed E-state index contributed by atoms with van der Waals surface area (Å²) in [5.41, 5.74) is 1.31. The van der Waals surface area contributed by atoms with Crippen molar-refractivity contribution in [1.82, 2.24) is 14.3 Å². The molecule has 2 heterocycles. The molecule has 1 aromatic carbocycles. The Bertz CT molecular complexity index is 1000. The number of aromatic nitrogens is 3. The Morgan fingerprint density at radius 3 is 2.65 bits per heavy atom. The number of ether oxygens (including phenoxy) is 1. The molecule has 0 radical (unpaired) electrons. The van der Waals surface area contributed by atoms with Gasteiger partial charge in [-0.25, -0.2) is 4.79 Å². The van der Waals surface area contributed by atoms with Crippen LogP contribution in [0.1, 0.15) is 29.8 Å². The minimum atomic E-state index is -0.700. The molecule has 0 fully saturated rings. The molecule has 7 heteroatoms. The number of hydrogen-bond donors (Lipinski definition) is 1. The number of hydrogen-bond acceptors (Lipinski definition) is 5. The molecule has 0 unspecified atom stereocenters. The minimum absolute atomic E-state index is 0.163. The highest BCUT2D eigenvalue weighted by molar-refractivity contribution is 5.96. The number of aryl methyl sites for hydroxylation is 1. The van der Waals surface area contributed by atoms with Crippen LogP contribution in [0.2, 0.25) is 0 Å². The molecule has 0 aromatic heterocycles. The average molecular weight is 355 g/mol. The zero-order valence-corrected chi connectivity index (χ0v) is 15.2. The maximum Gasteiger partial charge on any atom is 0.341 e. The van der Waals surface area contributed by atoms with Crippen LogP contribution < -0.4 is 5.56 Å². The quantitative estimate of drug-likeness (QED) is 0.723. The van der Waals surface area contributed by atoms with Crippen LogP contribution in [-0.2, 0) is 10.3 Å². The lowest BCUT2D eigenvalue weighted by molar-refractivity contribution is 0.0599. The second-order valence-electron chi connectivity index (χ2n) is 6.86. The van der Waals surface area contributed by atoms with Gasteiger partial charge in [0.2, 0.25) is 0 Å². The molecule has 136 valence electrons. The van der Waals surface area contributed by atoms with Crippen molar-refractivity contribution in [2.75, 3.05) is 13.7 Å². The van der Waals surface area contributed by atoms with Crippen molar-refractivity contribution in [3.63, 3.8) is 0 Å². The van der Waals surface area contributed by atoms with Crippen molar-refractivity contribution in [3.05, 3.63) is 58.1 Å². The Balaban J connectivity index is 2.33. The summed E-state index contributed by atoms with van der Waals surface area (Å²) >= 11 is 0. The fraction of sp³-hybridized carbons (Fsp3) is 0.316. The molecule has 0 atom stereocenters. The van der Waals surface area contributed by atoms with Gasteiger partial charge in [0.15, 0.2) is 0 Å². The van der Waals surface area contributed by atoms with Crippen molar-refractivity contribution in [3.8, 4) is 16.9 Å². The molecule has 0 saturated heterocycles. The van der Waals surface area contributed by atoms with E-state index in [0.29, 0.717) is 5.69 Å². The fourth-order valence-corrected chi connectivity index (χ4v) is 2.73. The van der Waals surface area contributed by atoms with Crippen molar-refractivity contribution >= 4 is 5.97 Å². The van der Waals surface area contributed by atoms with Gasteiger partial charge in [-0.2, -0.15) is 9.78 Å². The summed E-state index contributed by atoms with van der Waals surface area (Å²) in [4.78, 5) is 25.2. The number of aliphatic hydroxyl groups excluding tert-OH is 1. The molecule has 1 aromatic rings. The minimum Gasteiger partial charge on any atom is -0.465 e. The monoisotopic (exact) mass is 355 g/mol. The molecule has 0 spiro atoms. The zero-order valence-electron chi connectivity index (χ0n) is 15.2. The standard InChI is InChI=1S/C19H21N3O4/c1-12-6-5-7-13(8-12)22-17(24)14-9-21(19(2,3)11-23)10-15(16(14)20-22)18(25)26-4/h5-10,23H,11H2,1-4H3. The third kappa shape index (κ3) is 2.90. The summed E-state index contributed by atoms with van der Waals surface area (Å²) in [6.07, 6.45) is 3.16. The van der Waals surface area contributed by atoms with Crippen LogP contribution >= 0.6 is 0 Å². The number of methoxy groups -OCH3 is 1. The molecule has 1 N–H and O–H groups in total. The Kier molecular flexibility index (Phi) is 4.41. The first-order valence-electron chi connectivity index (χ1n) is 8.20. The number of pyridine rings is 1. The Labute approximate surface area is 150 Å². The third-order valence-corrected chi connectivity index (χ3v) is 4.41. The normalized spacial score (nSPS) is 11.7. The van der Waals surface area contributed by atoms with E-state index in [4.69, 9.17) is 4.74 Å². The van der Waals surface area contributed by atoms with Gasteiger partial charge >= 0.3 is 5.97 Å². The van der Waals surface area contributed by atoms with Crippen LogP contribution in [0.5, 0.6) is 0 Å². The number of aliphatic hydroxyl groups is 1. The molecule has 0 saturated carbocycles. The summed E-state index contributed by atoms with van der Waals surface area (Å²) in [7, 11) is 1.28. The number of carbonyl (C=O) groups excluding carboxylic acids is 1. The van der Waals surface area contributed by atoms with Crippen LogP contribution in [0, 0.1) is 6.92 Å². The largest absolute Gasteiger partial charge is 0.465 e. The van der Waals surface area contributed by atoms with Crippen LogP contribution in [0.3, 0.4) is 0 Å². The second kappa shape index (κ2) is 6.42. The first kappa shape index (κ1) is 17.9. The lowest BCUT2D eigenvalue weighted by Gasteiger charge is -2.27. The lowest BCUT2D eigenvalue weighted by Crippen LogP contribution is -2.31. The van der Waals surface area contributed by atoms with E-state index in [1.807, 2.05) is 25.1 Å². The van der Waals surface area contributed by atoms with E-state index in [2.05, 4.69) is 5.10 Å². The van der Waals surface area contributed by atoms with E-state index < -0.39 is 11.5 Å². The average Bonchev–Trinajstić information content (AvgIpc) is 2.97. The predicted molar refractivity (Wildman–Crippen MR) is 96.9 cm³/mol. The molecule has 26 heavy (non-hydrogen) atoms. The lowest BCUT2D eigenvalue weighted by atomic mass is 10.0. The first-order valence-corrected chi connectivity index (χ1v) is 8.20. The van der Waals surface area contributed by atoms with Crippen LogP contribution in [0.4, 0.5) is 0 Å². The number of carbonyl (C=O) groups is 1. The van der Waals surface area contributed by atoms with Gasteiger partial charge < -0.3 is 14.4 Å². The van der Waals surface area contributed by atoms with E-state index in [9.17, 15) is 14.7 Å². The highest BCUT2D eigenvalue weighted by Crippen LogP contribution is 2.26. The van der Waals surface area contributed by atoms with Crippen LogP contribution in [0.25, 0.3) is 16.9 Å². The maximum absolute atomic E-state index is 12.9. The molecule has 7 nitrogen and oxygen atoms in total. The number of esters is 1. The maximum atomic E-state index is 12.9. The molecular formula is C19H21N3O4. The van der Waals surface area contributed by atoms with E-state index in [0.717, 1.165) is 5.56 Å². The molecule has 0 aliphatic carbocycles. The van der Waals surface area contributed by atoms with Crippen molar-refractivity contribution in [2.24, 2.45) is 0 Å². The molecule has 2 aliphatic heterocycles. The van der Waals surface area contributed by atoms with Gasteiger partial charge in [0, 0.05) is 12.4 Å². The molecule has 2 aliphatic rings. The van der Waals surface area contributed by atoms with E-state index >= 15 is 0 Å². The van der Waals surface area contributed by atoms with Crippen molar-refractivity contribution < 1.29 is 14.6 Å². The smallest absolute Gasteiger partial charge is 0.341 e. The Morgan fingerprint density at radius 2 is 2.04 bits per heavy atom. The van der Waals surface area contributed by atoms with E-state index in [1.54, 1.807) is 36.9 Å². The van der Waals surface area contributed by atoms with Gasteiger partial charge in [-0.3, -0.25) is 4.79 Å². The third-order valence-electron chi connectivity index (χ3n) is 4.41. The number of nitrogens with zero attached hydrogens (tertiary/aromatic N) is 3. The summed E-state index contributed by atoms with van der Waals surface area (Å²) in [5, 5.41) is 14.0. The Morgan fingerprint density at radius 1 is 1.31 bits per heavy atom. The van der Waals surface area contributed by atoms with Gasteiger partial charge in [0.1, 0.15) is 11.3 Å². The van der Waals surface area contributed by atoms with Crippen LogP contribution in [-0.4, -0.2) is 39.1 Å². The molecular weight excluding hydrogens is 334 g/mol. The molecule has 0 bridgehead atoms. The van der Waals surface area contributed by atoms with Crippen molar-refractivity contribution in [2.45, 2.75) is 26.3 Å². The van der Waals surface area contributed by atoms with Crippen LogP contribution in [0.15, 0.2) is 41.5 Å². The van der Waals surface area contributed by atoms with E-state index in [-0.39, 0.29) is 29.0 Å². The van der Waals surface area contributed by atoms with Gasteiger partial charge in [-0.15, -0.1) is 0 Å².